The monoisotopic (exact) mass is 298 g/mol. The summed E-state index contributed by atoms with van der Waals surface area (Å²) >= 11 is 0. The minimum absolute atomic E-state index is 0.00710. The minimum atomic E-state index is -3.47. The van der Waals surface area contributed by atoms with E-state index in [-0.39, 0.29) is 6.04 Å². The number of hydrogen-bond donors (Lipinski definition) is 2. The van der Waals surface area contributed by atoms with Gasteiger partial charge in [-0.2, -0.15) is 0 Å². The van der Waals surface area contributed by atoms with Crippen LogP contribution in [0, 0.1) is 5.92 Å². The van der Waals surface area contributed by atoms with E-state index in [2.05, 4.69) is 17.0 Å². The van der Waals surface area contributed by atoms with Crippen molar-refractivity contribution in [2.75, 3.05) is 20.2 Å². The summed E-state index contributed by atoms with van der Waals surface area (Å²) in [7, 11) is -1.87. The predicted molar refractivity (Wildman–Crippen MR) is 77.9 cm³/mol. The third kappa shape index (κ3) is 3.79. The number of benzene rings is 1. The lowest BCUT2D eigenvalue weighted by atomic mass is 9.97. The molecule has 1 aromatic rings. The molecule has 0 bridgehead atoms. The average molecular weight is 298 g/mol. The minimum Gasteiger partial charge on any atom is -0.380 e. The zero-order chi connectivity index (χ0) is 14.6. The van der Waals surface area contributed by atoms with Gasteiger partial charge in [-0.05, 0) is 43.1 Å². The first-order chi connectivity index (χ1) is 9.53. The maximum Gasteiger partial charge on any atom is 0.240 e. The van der Waals surface area contributed by atoms with Crippen LogP contribution in [0.4, 0.5) is 0 Å². The fraction of sp³-hybridized carbons (Fsp3) is 0.571. The van der Waals surface area contributed by atoms with Gasteiger partial charge in [0.25, 0.3) is 0 Å². The topological polar surface area (TPSA) is 67.4 Å². The zero-order valence-electron chi connectivity index (χ0n) is 11.9. The molecule has 2 N–H and O–H groups in total. The summed E-state index contributed by atoms with van der Waals surface area (Å²) < 4.78 is 32.7. The lowest BCUT2D eigenvalue weighted by Gasteiger charge is -2.30. The molecular formula is C14H22N2O3S. The summed E-state index contributed by atoms with van der Waals surface area (Å²) in [5, 5.41) is 3.26. The first-order valence-corrected chi connectivity index (χ1v) is 8.32. The summed E-state index contributed by atoms with van der Waals surface area (Å²) in [6, 6.07) is 6.88. The summed E-state index contributed by atoms with van der Waals surface area (Å²) in [5.74, 6) is 0.292. The highest BCUT2D eigenvalue weighted by Crippen LogP contribution is 2.17. The molecule has 1 aliphatic heterocycles. The van der Waals surface area contributed by atoms with Crippen LogP contribution in [-0.2, 0) is 21.4 Å². The number of nitrogens with one attached hydrogen (secondary N) is 2. The third-order valence-electron chi connectivity index (χ3n) is 3.61. The van der Waals surface area contributed by atoms with Crippen molar-refractivity contribution in [2.24, 2.45) is 5.92 Å². The molecule has 1 fully saturated rings. The van der Waals surface area contributed by atoms with E-state index in [0.717, 1.165) is 25.1 Å². The van der Waals surface area contributed by atoms with Crippen molar-refractivity contribution < 1.29 is 13.2 Å². The molecule has 1 aliphatic rings. The Labute approximate surface area is 120 Å². The fourth-order valence-electron chi connectivity index (χ4n) is 2.43. The Morgan fingerprint density at radius 3 is 2.95 bits per heavy atom. The van der Waals surface area contributed by atoms with Gasteiger partial charge in [0.1, 0.15) is 0 Å². The molecule has 2 atom stereocenters. The van der Waals surface area contributed by atoms with Gasteiger partial charge in [0.05, 0.1) is 11.5 Å². The molecule has 6 heteroatoms. The van der Waals surface area contributed by atoms with Gasteiger partial charge in [-0.15, -0.1) is 0 Å². The van der Waals surface area contributed by atoms with Crippen LogP contribution < -0.4 is 10.0 Å². The van der Waals surface area contributed by atoms with Crippen molar-refractivity contribution in [1.82, 2.24) is 10.0 Å². The van der Waals surface area contributed by atoms with Crippen molar-refractivity contribution in [1.29, 1.82) is 0 Å². The second-order valence-electron chi connectivity index (χ2n) is 5.28. The van der Waals surface area contributed by atoms with E-state index in [1.807, 2.05) is 6.07 Å². The highest BCUT2D eigenvalue weighted by Gasteiger charge is 2.26. The Balaban J connectivity index is 2.15. The number of methoxy groups -OCH3 is 1. The van der Waals surface area contributed by atoms with Gasteiger partial charge in [0.15, 0.2) is 0 Å². The van der Waals surface area contributed by atoms with Crippen LogP contribution in [0.25, 0.3) is 0 Å². The standard InChI is InChI=1S/C14H22N2O3S/c1-11-9-15-7-6-14(11)16-20(17,18)13-5-3-4-12(8-13)10-19-2/h3-5,8,11,14-16H,6-7,9-10H2,1-2H3. The second-order valence-corrected chi connectivity index (χ2v) is 6.99. The molecule has 0 aliphatic carbocycles. The number of hydrogen-bond acceptors (Lipinski definition) is 4. The summed E-state index contributed by atoms with van der Waals surface area (Å²) in [5.41, 5.74) is 0.855. The van der Waals surface area contributed by atoms with Gasteiger partial charge < -0.3 is 10.1 Å². The van der Waals surface area contributed by atoms with Crippen LogP contribution in [0.1, 0.15) is 18.9 Å². The maximum atomic E-state index is 12.4. The van der Waals surface area contributed by atoms with Gasteiger partial charge >= 0.3 is 0 Å². The molecule has 2 rings (SSSR count). The molecule has 0 radical (unpaired) electrons. The average Bonchev–Trinajstić information content (AvgIpc) is 2.42. The molecule has 0 saturated carbocycles. The predicted octanol–water partition coefficient (Wildman–Crippen LogP) is 1.11. The molecule has 1 heterocycles. The lowest BCUT2D eigenvalue weighted by Crippen LogP contribution is -2.48. The van der Waals surface area contributed by atoms with Gasteiger partial charge in [-0.1, -0.05) is 19.1 Å². The molecule has 20 heavy (non-hydrogen) atoms. The Morgan fingerprint density at radius 1 is 1.45 bits per heavy atom. The first-order valence-electron chi connectivity index (χ1n) is 6.84. The molecule has 1 saturated heterocycles. The van der Waals surface area contributed by atoms with Crippen molar-refractivity contribution in [3.8, 4) is 0 Å². The second kappa shape index (κ2) is 6.67. The normalized spacial score (nSPS) is 23.7. The molecule has 1 aromatic carbocycles. The molecular weight excluding hydrogens is 276 g/mol. The molecule has 112 valence electrons. The van der Waals surface area contributed by atoms with Crippen LogP contribution >= 0.6 is 0 Å². The number of ether oxygens (including phenoxy) is 1. The van der Waals surface area contributed by atoms with Crippen molar-refractivity contribution in [3.05, 3.63) is 29.8 Å². The smallest absolute Gasteiger partial charge is 0.240 e. The highest BCUT2D eigenvalue weighted by atomic mass is 32.2. The Morgan fingerprint density at radius 2 is 2.25 bits per heavy atom. The van der Waals surface area contributed by atoms with Gasteiger partial charge in [0.2, 0.25) is 10.0 Å². The quantitative estimate of drug-likeness (QED) is 0.854. The molecule has 0 amide bonds. The maximum absolute atomic E-state index is 12.4. The summed E-state index contributed by atoms with van der Waals surface area (Å²) in [4.78, 5) is 0.304. The Kier molecular flexibility index (Phi) is 5.15. The fourth-order valence-corrected chi connectivity index (χ4v) is 3.87. The molecule has 2 unspecified atom stereocenters. The van der Waals surface area contributed by atoms with Crippen LogP contribution in [-0.4, -0.2) is 34.7 Å². The van der Waals surface area contributed by atoms with Crippen LogP contribution in [0.3, 0.4) is 0 Å². The van der Waals surface area contributed by atoms with Crippen LogP contribution in [0.2, 0.25) is 0 Å². The van der Waals surface area contributed by atoms with Crippen molar-refractivity contribution in [2.45, 2.75) is 30.9 Å². The van der Waals surface area contributed by atoms with E-state index in [1.165, 1.54) is 0 Å². The Bertz CT molecular complexity index is 545. The lowest BCUT2D eigenvalue weighted by molar-refractivity contribution is 0.184. The Hall–Kier alpha value is -0.950. The summed E-state index contributed by atoms with van der Waals surface area (Å²) in [6.07, 6.45) is 0.818. The summed E-state index contributed by atoms with van der Waals surface area (Å²) in [6.45, 7) is 4.16. The third-order valence-corrected chi connectivity index (χ3v) is 5.10. The SMILES string of the molecule is COCc1cccc(S(=O)(=O)NC2CCNCC2C)c1. The van der Waals surface area contributed by atoms with Crippen molar-refractivity contribution in [3.63, 3.8) is 0 Å². The largest absolute Gasteiger partial charge is 0.380 e. The molecule has 0 spiro atoms. The molecule has 0 aromatic heterocycles. The van der Waals surface area contributed by atoms with E-state index in [0.29, 0.717) is 17.4 Å². The zero-order valence-corrected chi connectivity index (χ0v) is 12.7. The van der Waals surface area contributed by atoms with Crippen LogP contribution in [0.5, 0.6) is 0 Å². The first kappa shape index (κ1) is 15.4. The molecule has 5 nitrogen and oxygen atoms in total. The number of rotatable bonds is 5. The van der Waals surface area contributed by atoms with E-state index in [1.54, 1.807) is 25.3 Å². The van der Waals surface area contributed by atoms with Crippen molar-refractivity contribution >= 4 is 10.0 Å². The number of piperidine rings is 1. The van der Waals surface area contributed by atoms with E-state index >= 15 is 0 Å². The number of sulfonamides is 1. The van der Waals surface area contributed by atoms with Gasteiger partial charge in [-0.25, -0.2) is 13.1 Å². The van der Waals surface area contributed by atoms with Crippen LogP contribution in [0.15, 0.2) is 29.2 Å². The van der Waals surface area contributed by atoms with E-state index in [4.69, 9.17) is 4.74 Å². The highest BCUT2D eigenvalue weighted by molar-refractivity contribution is 7.89. The van der Waals surface area contributed by atoms with E-state index in [9.17, 15) is 8.42 Å². The van der Waals surface area contributed by atoms with E-state index < -0.39 is 10.0 Å². The van der Waals surface area contributed by atoms with Gasteiger partial charge in [-0.3, -0.25) is 0 Å². The van der Waals surface area contributed by atoms with Gasteiger partial charge in [0, 0.05) is 13.2 Å².